The number of terminal acetylenes is 1. The van der Waals surface area contributed by atoms with E-state index in [4.69, 9.17) is 10.8 Å². The highest BCUT2D eigenvalue weighted by atomic mass is 28.4. The van der Waals surface area contributed by atoms with Gasteiger partial charge in [-0.3, -0.25) is 0 Å². The molecule has 0 rings (SSSR count). The van der Waals surface area contributed by atoms with Gasteiger partial charge < -0.3 is 4.43 Å². The van der Waals surface area contributed by atoms with Gasteiger partial charge in [0.15, 0.2) is 0 Å². The van der Waals surface area contributed by atoms with E-state index >= 15 is 0 Å². The van der Waals surface area contributed by atoms with Gasteiger partial charge in [0.05, 0.1) is 0 Å². The second kappa shape index (κ2) is 3.42. The summed E-state index contributed by atoms with van der Waals surface area (Å²) in [6.45, 7) is 8.56. The van der Waals surface area contributed by atoms with E-state index in [1.807, 2.05) is 0 Å². The second-order valence-electron chi connectivity index (χ2n) is 3.54. The molecule has 64 valence electrons. The highest BCUT2D eigenvalue weighted by Gasteiger charge is 2.41. The fourth-order valence-electron chi connectivity index (χ4n) is 0.927. The minimum absolute atomic E-state index is 0.0260. The van der Waals surface area contributed by atoms with Crippen molar-refractivity contribution in [3.8, 4) is 12.3 Å². The number of rotatable bonds is 3. The molecule has 0 aliphatic carbocycles. The molecule has 0 aromatic carbocycles. The van der Waals surface area contributed by atoms with Crippen LogP contribution in [0.3, 0.4) is 0 Å². The lowest BCUT2D eigenvalue weighted by atomic mass is 10.1. The Morgan fingerprint density at radius 3 is 2.09 bits per heavy atom. The van der Waals surface area contributed by atoms with E-state index < -0.39 is 8.32 Å². The Kier molecular flexibility index (Phi) is 3.34. The Morgan fingerprint density at radius 2 is 2.00 bits per heavy atom. The Bertz CT molecular complexity index is 169. The van der Waals surface area contributed by atoms with Gasteiger partial charge >= 0.3 is 0 Å². The average Bonchev–Trinajstić information content (AvgIpc) is 2.02. The van der Waals surface area contributed by atoms with E-state index in [9.17, 15) is 0 Å². The molecule has 0 aromatic heterocycles. The van der Waals surface area contributed by atoms with Crippen molar-refractivity contribution in [2.24, 2.45) is 0 Å². The minimum atomic E-state index is -1.67. The van der Waals surface area contributed by atoms with Crippen LogP contribution < -0.4 is 0 Å². The molecule has 0 bridgehead atoms. The predicted octanol–water partition coefficient (Wildman–Crippen LogP) is 2.64. The summed E-state index contributed by atoms with van der Waals surface area (Å²) in [5, 5.41) is -0.0260. The van der Waals surface area contributed by atoms with Gasteiger partial charge in [-0.15, -0.1) is 12.3 Å². The molecule has 1 nitrogen and oxygen atoms in total. The maximum Gasteiger partial charge on any atom is 0.203 e. The predicted molar refractivity (Wildman–Crippen MR) is 52.0 cm³/mol. The molecule has 0 amide bonds. The second-order valence-corrected chi connectivity index (χ2v) is 8.08. The highest BCUT2D eigenvalue weighted by molar-refractivity contribution is 6.75. The van der Waals surface area contributed by atoms with E-state index in [0.29, 0.717) is 0 Å². The first kappa shape index (κ1) is 10.7. The van der Waals surface area contributed by atoms with Crippen LogP contribution in [0.25, 0.3) is 0 Å². The summed E-state index contributed by atoms with van der Waals surface area (Å²) in [4.78, 5) is 0. The van der Waals surface area contributed by atoms with Gasteiger partial charge in [0.1, 0.15) is 0 Å². The van der Waals surface area contributed by atoms with E-state index in [-0.39, 0.29) is 5.04 Å². The van der Waals surface area contributed by atoms with Gasteiger partial charge in [-0.1, -0.05) is 6.92 Å². The van der Waals surface area contributed by atoms with Crippen molar-refractivity contribution in [3.63, 3.8) is 0 Å². The summed E-state index contributed by atoms with van der Waals surface area (Å²) < 4.78 is 5.48. The average molecular weight is 170 g/mol. The Labute approximate surface area is 71.3 Å². The van der Waals surface area contributed by atoms with Crippen molar-refractivity contribution >= 4 is 8.32 Å². The third kappa shape index (κ3) is 1.85. The van der Waals surface area contributed by atoms with Crippen LogP contribution in [0.1, 0.15) is 20.3 Å². The first-order chi connectivity index (χ1) is 4.93. The first-order valence-corrected chi connectivity index (χ1v) is 6.87. The fourth-order valence-corrected chi connectivity index (χ4v) is 2.58. The van der Waals surface area contributed by atoms with Crippen LogP contribution in [0.15, 0.2) is 0 Å². The quantitative estimate of drug-likeness (QED) is 0.467. The van der Waals surface area contributed by atoms with E-state index in [1.54, 1.807) is 7.11 Å². The zero-order valence-electron chi connectivity index (χ0n) is 8.19. The third-order valence-electron chi connectivity index (χ3n) is 2.86. The topological polar surface area (TPSA) is 9.23 Å². The Balaban J connectivity index is 4.65. The maximum atomic E-state index is 5.48. The van der Waals surface area contributed by atoms with Crippen molar-refractivity contribution in [1.29, 1.82) is 0 Å². The molecular formula is C9H18OSi. The summed E-state index contributed by atoms with van der Waals surface area (Å²) in [5.41, 5.74) is 0. The lowest BCUT2D eigenvalue weighted by Crippen LogP contribution is -2.41. The first-order valence-electron chi connectivity index (χ1n) is 3.96. The summed E-state index contributed by atoms with van der Waals surface area (Å²) >= 11 is 0. The summed E-state index contributed by atoms with van der Waals surface area (Å²) in [6, 6.07) is 0. The molecule has 11 heavy (non-hydrogen) atoms. The Hall–Kier alpha value is -0.263. The van der Waals surface area contributed by atoms with Gasteiger partial charge in [-0.25, -0.2) is 0 Å². The summed E-state index contributed by atoms with van der Waals surface area (Å²) in [7, 11) is 0.0943. The monoisotopic (exact) mass is 170 g/mol. The zero-order valence-corrected chi connectivity index (χ0v) is 9.19. The largest absolute Gasteiger partial charge is 0.419 e. The van der Waals surface area contributed by atoms with Crippen molar-refractivity contribution in [1.82, 2.24) is 0 Å². The standard InChI is InChI=1S/C9H18OSi/c1-7-9(3,8-2)11(5,6)10-4/h1H,8H2,2-6H3. The molecule has 1 atom stereocenters. The van der Waals surface area contributed by atoms with Crippen LogP contribution in [0, 0.1) is 12.3 Å². The molecule has 1 unspecified atom stereocenters. The van der Waals surface area contributed by atoms with Crippen molar-refractivity contribution in [3.05, 3.63) is 0 Å². The molecular weight excluding hydrogens is 152 g/mol. The van der Waals surface area contributed by atoms with E-state index in [0.717, 1.165) is 6.42 Å². The van der Waals surface area contributed by atoms with Crippen molar-refractivity contribution in [2.75, 3.05) is 7.11 Å². The zero-order chi connectivity index (χ0) is 9.12. The molecule has 0 N–H and O–H groups in total. The molecule has 0 spiro atoms. The lowest BCUT2D eigenvalue weighted by Gasteiger charge is -2.36. The van der Waals surface area contributed by atoms with Gasteiger partial charge in [0.2, 0.25) is 8.32 Å². The molecule has 0 radical (unpaired) electrons. The third-order valence-corrected chi connectivity index (χ3v) is 7.04. The molecule has 0 aliphatic rings. The van der Waals surface area contributed by atoms with Crippen LogP contribution in [0.2, 0.25) is 18.1 Å². The van der Waals surface area contributed by atoms with Crippen LogP contribution in [-0.4, -0.2) is 15.4 Å². The summed E-state index contributed by atoms with van der Waals surface area (Å²) in [5.74, 6) is 2.86. The van der Waals surface area contributed by atoms with Gasteiger partial charge in [-0.2, -0.15) is 0 Å². The van der Waals surface area contributed by atoms with E-state index in [1.165, 1.54) is 0 Å². The SMILES string of the molecule is C#CC(C)(CC)[Si](C)(C)OC. The molecule has 0 aliphatic heterocycles. The lowest BCUT2D eigenvalue weighted by molar-refractivity contribution is 0.376. The summed E-state index contributed by atoms with van der Waals surface area (Å²) in [6.07, 6.45) is 6.48. The van der Waals surface area contributed by atoms with Crippen LogP contribution >= 0.6 is 0 Å². The number of hydrogen-bond acceptors (Lipinski definition) is 1. The number of hydrogen-bond donors (Lipinski definition) is 0. The molecule has 0 saturated carbocycles. The molecule has 0 fully saturated rings. The molecule has 0 aromatic rings. The molecule has 0 heterocycles. The van der Waals surface area contributed by atoms with Gasteiger partial charge in [0.25, 0.3) is 0 Å². The smallest absolute Gasteiger partial charge is 0.203 e. The van der Waals surface area contributed by atoms with E-state index in [2.05, 4.69) is 32.9 Å². The van der Waals surface area contributed by atoms with Crippen LogP contribution in [-0.2, 0) is 4.43 Å². The minimum Gasteiger partial charge on any atom is -0.419 e. The molecule has 0 saturated heterocycles. The normalized spacial score (nSPS) is 17.1. The molecule has 2 heteroatoms. The fraction of sp³-hybridized carbons (Fsp3) is 0.778. The van der Waals surface area contributed by atoms with Gasteiger partial charge in [-0.05, 0) is 26.4 Å². The maximum absolute atomic E-state index is 5.48. The highest BCUT2D eigenvalue weighted by Crippen LogP contribution is 2.40. The van der Waals surface area contributed by atoms with Crippen molar-refractivity contribution < 1.29 is 4.43 Å². The van der Waals surface area contributed by atoms with Crippen LogP contribution in [0.5, 0.6) is 0 Å². The Morgan fingerprint density at radius 1 is 1.55 bits per heavy atom. The van der Waals surface area contributed by atoms with Gasteiger partial charge in [0, 0.05) is 12.1 Å². The van der Waals surface area contributed by atoms with Crippen molar-refractivity contribution in [2.45, 2.75) is 38.4 Å². The van der Waals surface area contributed by atoms with Crippen LogP contribution in [0.4, 0.5) is 0 Å².